The van der Waals surface area contributed by atoms with Crippen molar-refractivity contribution < 1.29 is 9.84 Å². The Morgan fingerprint density at radius 1 is 1.42 bits per heavy atom. The summed E-state index contributed by atoms with van der Waals surface area (Å²) in [6.45, 7) is 3.43. The third kappa shape index (κ3) is 2.47. The number of aliphatic hydroxyl groups excluding tert-OH is 1. The molecule has 3 rings (SSSR count). The zero-order valence-electron chi connectivity index (χ0n) is 11.2. The molecule has 3 atom stereocenters. The second-order valence-electron chi connectivity index (χ2n) is 5.49. The van der Waals surface area contributed by atoms with E-state index in [0.717, 1.165) is 35.8 Å². The number of halogens is 1. The molecule has 1 N–H and O–H groups in total. The van der Waals surface area contributed by atoms with Gasteiger partial charge in [0.2, 0.25) is 0 Å². The van der Waals surface area contributed by atoms with E-state index in [0.29, 0.717) is 12.1 Å². The average molecular weight is 282 g/mol. The standard InChI is InChI=1S/C15H20ClNO2/c1-10(18)11-5-6-13(12(16)9-11)17-7-8-19-15-4-2-3-14(15)17/h5-6,9-10,14-15,18H,2-4,7-8H2,1H3/t10-,14?,15?/m0/s1. The van der Waals surface area contributed by atoms with Gasteiger partial charge in [-0.05, 0) is 43.9 Å². The van der Waals surface area contributed by atoms with Gasteiger partial charge in [-0.15, -0.1) is 0 Å². The van der Waals surface area contributed by atoms with Crippen molar-refractivity contribution in [3.63, 3.8) is 0 Å². The van der Waals surface area contributed by atoms with Crippen LogP contribution in [0.4, 0.5) is 5.69 Å². The number of hydrogen-bond donors (Lipinski definition) is 1. The molecule has 104 valence electrons. The van der Waals surface area contributed by atoms with Gasteiger partial charge in [-0.3, -0.25) is 0 Å². The first-order chi connectivity index (χ1) is 9.16. The normalized spacial score (nSPS) is 28.3. The molecule has 1 aromatic carbocycles. The van der Waals surface area contributed by atoms with Crippen molar-refractivity contribution in [1.82, 2.24) is 0 Å². The Hall–Kier alpha value is -0.770. The SMILES string of the molecule is C[C@H](O)c1ccc(N2CCOC3CCCC32)c(Cl)c1. The summed E-state index contributed by atoms with van der Waals surface area (Å²) in [6.07, 6.45) is 3.45. The van der Waals surface area contributed by atoms with Crippen LogP contribution in [0.25, 0.3) is 0 Å². The Balaban J connectivity index is 1.88. The van der Waals surface area contributed by atoms with Crippen LogP contribution in [0, 0.1) is 0 Å². The molecule has 0 amide bonds. The molecule has 3 nitrogen and oxygen atoms in total. The van der Waals surface area contributed by atoms with Crippen LogP contribution in [0.2, 0.25) is 5.02 Å². The number of hydrogen-bond acceptors (Lipinski definition) is 3. The van der Waals surface area contributed by atoms with E-state index in [9.17, 15) is 5.11 Å². The zero-order valence-corrected chi connectivity index (χ0v) is 11.9. The van der Waals surface area contributed by atoms with Gasteiger partial charge in [0, 0.05) is 6.54 Å². The second-order valence-corrected chi connectivity index (χ2v) is 5.89. The predicted octanol–water partition coefficient (Wildman–Crippen LogP) is 3.15. The van der Waals surface area contributed by atoms with Crippen LogP contribution in [0.5, 0.6) is 0 Å². The van der Waals surface area contributed by atoms with E-state index in [4.69, 9.17) is 16.3 Å². The van der Waals surface area contributed by atoms with Crippen LogP contribution in [0.1, 0.15) is 37.9 Å². The first-order valence-corrected chi connectivity index (χ1v) is 7.40. The first-order valence-electron chi connectivity index (χ1n) is 7.02. The number of fused-ring (bicyclic) bond motifs is 1. The molecule has 1 saturated carbocycles. The van der Waals surface area contributed by atoms with Gasteiger partial charge in [-0.2, -0.15) is 0 Å². The van der Waals surface area contributed by atoms with Crippen molar-refractivity contribution in [2.45, 2.75) is 44.4 Å². The maximum absolute atomic E-state index is 9.61. The fraction of sp³-hybridized carbons (Fsp3) is 0.600. The maximum atomic E-state index is 9.61. The fourth-order valence-corrected chi connectivity index (χ4v) is 3.54. The summed E-state index contributed by atoms with van der Waals surface area (Å²) in [5, 5.41) is 10.3. The molecule has 4 heteroatoms. The number of benzene rings is 1. The lowest BCUT2D eigenvalue weighted by molar-refractivity contribution is 0.0256. The van der Waals surface area contributed by atoms with Crippen molar-refractivity contribution in [1.29, 1.82) is 0 Å². The number of ether oxygens (including phenoxy) is 1. The molecule has 1 heterocycles. The van der Waals surface area contributed by atoms with E-state index in [2.05, 4.69) is 4.90 Å². The Bertz CT molecular complexity index is 463. The number of rotatable bonds is 2. The topological polar surface area (TPSA) is 32.7 Å². The minimum absolute atomic E-state index is 0.362. The Labute approximate surface area is 119 Å². The van der Waals surface area contributed by atoms with Crippen molar-refractivity contribution in [2.75, 3.05) is 18.1 Å². The quantitative estimate of drug-likeness (QED) is 0.904. The largest absolute Gasteiger partial charge is 0.389 e. The highest BCUT2D eigenvalue weighted by Crippen LogP contribution is 2.37. The molecule has 0 bridgehead atoms. The molecule has 2 aliphatic rings. The lowest BCUT2D eigenvalue weighted by Gasteiger charge is -2.39. The van der Waals surface area contributed by atoms with Crippen molar-refractivity contribution >= 4 is 17.3 Å². The van der Waals surface area contributed by atoms with Gasteiger partial charge in [0.25, 0.3) is 0 Å². The lowest BCUT2D eigenvalue weighted by atomic mass is 10.1. The predicted molar refractivity (Wildman–Crippen MR) is 76.8 cm³/mol. The van der Waals surface area contributed by atoms with E-state index in [1.807, 2.05) is 18.2 Å². The molecule has 1 aromatic rings. The average Bonchev–Trinajstić information content (AvgIpc) is 2.86. The smallest absolute Gasteiger partial charge is 0.0779 e. The molecule has 1 aliphatic carbocycles. The van der Waals surface area contributed by atoms with Gasteiger partial charge in [0.05, 0.1) is 35.6 Å². The van der Waals surface area contributed by atoms with Crippen LogP contribution in [-0.4, -0.2) is 30.4 Å². The van der Waals surface area contributed by atoms with E-state index in [1.165, 1.54) is 12.8 Å². The van der Waals surface area contributed by atoms with E-state index < -0.39 is 6.10 Å². The number of nitrogens with zero attached hydrogens (tertiary/aromatic N) is 1. The molecule has 2 fully saturated rings. The molecule has 2 unspecified atom stereocenters. The first kappa shape index (κ1) is 13.2. The summed E-state index contributed by atoms with van der Waals surface area (Å²) < 4.78 is 5.83. The minimum atomic E-state index is -0.476. The minimum Gasteiger partial charge on any atom is -0.389 e. The lowest BCUT2D eigenvalue weighted by Crippen LogP contribution is -2.48. The van der Waals surface area contributed by atoms with Crippen LogP contribution in [-0.2, 0) is 4.74 Å². The van der Waals surface area contributed by atoms with Crippen molar-refractivity contribution in [3.05, 3.63) is 28.8 Å². The molecule has 0 spiro atoms. The van der Waals surface area contributed by atoms with E-state index in [1.54, 1.807) is 6.92 Å². The molecule has 19 heavy (non-hydrogen) atoms. The maximum Gasteiger partial charge on any atom is 0.0779 e. The Kier molecular flexibility index (Phi) is 3.70. The van der Waals surface area contributed by atoms with Gasteiger partial charge in [0.15, 0.2) is 0 Å². The molecular weight excluding hydrogens is 262 g/mol. The highest BCUT2D eigenvalue weighted by atomic mass is 35.5. The number of aliphatic hydroxyl groups is 1. The highest BCUT2D eigenvalue weighted by molar-refractivity contribution is 6.33. The Morgan fingerprint density at radius 3 is 3.00 bits per heavy atom. The van der Waals surface area contributed by atoms with Crippen LogP contribution in [0.15, 0.2) is 18.2 Å². The highest BCUT2D eigenvalue weighted by Gasteiger charge is 2.36. The number of morpholine rings is 1. The summed E-state index contributed by atoms with van der Waals surface area (Å²) in [5.41, 5.74) is 1.94. The fourth-order valence-electron chi connectivity index (χ4n) is 3.24. The third-order valence-electron chi connectivity index (χ3n) is 4.25. The summed E-state index contributed by atoms with van der Waals surface area (Å²) in [4.78, 5) is 2.38. The van der Waals surface area contributed by atoms with Gasteiger partial charge in [0.1, 0.15) is 0 Å². The van der Waals surface area contributed by atoms with Crippen LogP contribution >= 0.6 is 11.6 Å². The van der Waals surface area contributed by atoms with E-state index in [-0.39, 0.29) is 0 Å². The molecule has 0 radical (unpaired) electrons. The van der Waals surface area contributed by atoms with Gasteiger partial charge < -0.3 is 14.7 Å². The monoisotopic (exact) mass is 281 g/mol. The summed E-state index contributed by atoms with van der Waals surface area (Å²) in [7, 11) is 0. The molecular formula is C15H20ClNO2. The van der Waals surface area contributed by atoms with Gasteiger partial charge in [-0.1, -0.05) is 17.7 Å². The van der Waals surface area contributed by atoms with Gasteiger partial charge in [-0.25, -0.2) is 0 Å². The summed E-state index contributed by atoms with van der Waals surface area (Å²) in [6, 6.07) is 6.33. The summed E-state index contributed by atoms with van der Waals surface area (Å²) in [5.74, 6) is 0. The van der Waals surface area contributed by atoms with Crippen molar-refractivity contribution in [2.24, 2.45) is 0 Å². The molecule has 1 aliphatic heterocycles. The summed E-state index contributed by atoms with van der Waals surface area (Å²) >= 11 is 6.40. The van der Waals surface area contributed by atoms with Gasteiger partial charge >= 0.3 is 0 Å². The molecule has 1 saturated heterocycles. The Morgan fingerprint density at radius 2 is 2.26 bits per heavy atom. The van der Waals surface area contributed by atoms with Crippen LogP contribution < -0.4 is 4.90 Å². The third-order valence-corrected chi connectivity index (χ3v) is 4.55. The number of anilines is 1. The van der Waals surface area contributed by atoms with E-state index >= 15 is 0 Å². The van der Waals surface area contributed by atoms with Crippen LogP contribution in [0.3, 0.4) is 0 Å². The molecule has 0 aromatic heterocycles. The van der Waals surface area contributed by atoms with Crippen molar-refractivity contribution in [3.8, 4) is 0 Å². The zero-order chi connectivity index (χ0) is 13.4. The second kappa shape index (κ2) is 5.31.